The lowest BCUT2D eigenvalue weighted by atomic mass is 9.96. The predicted octanol–water partition coefficient (Wildman–Crippen LogP) is 2.03. The van der Waals surface area contributed by atoms with Crippen LogP contribution in [0.1, 0.15) is 16.9 Å². The highest BCUT2D eigenvalue weighted by Gasteiger charge is 2.40. The molecule has 1 unspecified atom stereocenters. The SMILES string of the molecule is CN(C(=O)c1cc(-c2ccc(Br)cc2)n[nH]1)C1(CN)CCOC1. The van der Waals surface area contributed by atoms with Crippen LogP contribution < -0.4 is 5.73 Å². The summed E-state index contributed by atoms with van der Waals surface area (Å²) in [6.07, 6.45) is 0.749. The molecule has 3 N–H and O–H groups in total. The number of aromatic nitrogens is 2. The molecule has 0 saturated carbocycles. The minimum Gasteiger partial charge on any atom is -0.379 e. The first-order chi connectivity index (χ1) is 11.1. The molecule has 1 atom stereocenters. The van der Waals surface area contributed by atoms with E-state index in [0.29, 0.717) is 25.5 Å². The van der Waals surface area contributed by atoms with E-state index in [1.165, 1.54) is 0 Å². The normalized spacial score (nSPS) is 20.7. The van der Waals surface area contributed by atoms with Crippen LogP contribution in [0.15, 0.2) is 34.8 Å². The minimum atomic E-state index is -0.431. The molecule has 23 heavy (non-hydrogen) atoms. The van der Waals surface area contributed by atoms with Gasteiger partial charge in [-0.3, -0.25) is 9.89 Å². The number of aromatic amines is 1. The van der Waals surface area contributed by atoms with Crippen molar-refractivity contribution in [3.8, 4) is 11.3 Å². The van der Waals surface area contributed by atoms with Crippen LogP contribution in [0.25, 0.3) is 11.3 Å². The monoisotopic (exact) mass is 378 g/mol. The Labute approximate surface area is 143 Å². The van der Waals surface area contributed by atoms with Gasteiger partial charge < -0.3 is 15.4 Å². The lowest BCUT2D eigenvalue weighted by Gasteiger charge is -2.36. The first-order valence-corrected chi connectivity index (χ1v) is 8.22. The number of nitrogens with two attached hydrogens (primary N) is 1. The van der Waals surface area contributed by atoms with Crippen molar-refractivity contribution in [2.45, 2.75) is 12.0 Å². The van der Waals surface area contributed by atoms with E-state index < -0.39 is 5.54 Å². The Bertz CT molecular complexity index is 692. The molecule has 1 amide bonds. The van der Waals surface area contributed by atoms with Gasteiger partial charge in [0.15, 0.2) is 0 Å². The number of rotatable bonds is 4. The molecular weight excluding hydrogens is 360 g/mol. The first-order valence-electron chi connectivity index (χ1n) is 7.43. The highest BCUT2D eigenvalue weighted by atomic mass is 79.9. The van der Waals surface area contributed by atoms with Crippen LogP contribution in [0.4, 0.5) is 0 Å². The van der Waals surface area contributed by atoms with Crippen LogP contribution in [0, 0.1) is 0 Å². The Morgan fingerprint density at radius 2 is 2.22 bits per heavy atom. The van der Waals surface area contributed by atoms with Crippen LogP contribution in [-0.4, -0.2) is 53.3 Å². The van der Waals surface area contributed by atoms with E-state index in [2.05, 4.69) is 26.1 Å². The summed E-state index contributed by atoms with van der Waals surface area (Å²) in [4.78, 5) is 14.4. The predicted molar refractivity (Wildman–Crippen MR) is 91.0 cm³/mol. The van der Waals surface area contributed by atoms with E-state index in [1.807, 2.05) is 24.3 Å². The summed E-state index contributed by atoms with van der Waals surface area (Å²) in [5.74, 6) is -0.128. The number of H-pyrrole nitrogens is 1. The topological polar surface area (TPSA) is 84.2 Å². The quantitative estimate of drug-likeness (QED) is 0.852. The van der Waals surface area contributed by atoms with Gasteiger partial charge in [0.05, 0.1) is 17.8 Å². The van der Waals surface area contributed by atoms with Crippen molar-refractivity contribution in [1.29, 1.82) is 0 Å². The highest BCUT2D eigenvalue weighted by molar-refractivity contribution is 9.10. The van der Waals surface area contributed by atoms with Gasteiger partial charge in [-0.2, -0.15) is 5.10 Å². The molecule has 0 aliphatic carbocycles. The molecule has 2 aromatic rings. The lowest BCUT2D eigenvalue weighted by Crippen LogP contribution is -2.55. The second-order valence-corrected chi connectivity index (χ2v) is 6.68. The first kappa shape index (κ1) is 16.2. The van der Waals surface area contributed by atoms with Gasteiger partial charge in [-0.25, -0.2) is 0 Å². The van der Waals surface area contributed by atoms with E-state index in [0.717, 1.165) is 22.2 Å². The maximum Gasteiger partial charge on any atom is 0.272 e. The van der Waals surface area contributed by atoms with E-state index in [-0.39, 0.29) is 5.91 Å². The smallest absolute Gasteiger partial charge is 0.272 e. The van der Waals surface area contributed by atoms with E-state index in [9.17, 15) is 4.79 Å². The summed E-state index contributed by atoms with van der Waals surface area (Å²) < 4.78 is 6.44. The number of ether oxygens (including phenoxy) is 1. The third kappa shape index (κ3) is 3.04. The van der Waals surface area contributed by atoms with Crippen molar-refractivity contribution in [3.63, 3.8) is 0 Å². The second kappa shape index (κ2) is 6.43. The Morgan fingerprint density at radius 1 is 1.48 bits per heavy atom. The summed E-state index contributed by atoms with van der Waals surface area (Å²) >= 11 is 3.40. The lowest BCUT2D eigenvalue weighted by molar-refractivity contribution is 0.0520. The van der Waals surface area contributed by atoms with Gasteiger partial charge in [0.2, 0.25) is 0 Å². The number of nitrogens with one attached hydrogen (secondary N) is 1. The number of halogens is 1. The van der Waals surface area contributed by atoms with Crippen LogP contribution >= 0.6 is 15.9 Å². The molecule has 1 aliphatic rings. The standard InChI is InChI=1S/C16H19BrN4O2/c1-21(16(9-18)6-7-23-10-16)15(22)14-8-13(19-20-14)11-2-4-12(17)5-3-11/h2-5,8H,6-7,9-10,18H2,1H3,(H,19,20). The third-order valence-electron chi connectivity index (χ3n) is 4.43. The maximum absolute atomic E-state index is 12.7. The fraction of sp³-hybridized carbons (Fsp3) is 0.375. The number of hydrogen-bond donors (Lipinski definition) is 2. The van der Waals surface area contributed by atoms with Gasteiger partial charge in [0.25, 0.3) is 5.91 Å². The number of carbonyl (C=O) groups is 1. The van der Waals surface area contributed by atoms with Gasteiger partial charge in [0, 0.05) is 30.2 Å². The number of carbonyl (C=O) groups excluding carboxylic acids is 1. The summed E-state index contributed by atoms with van der Waals surface area (Å²) in [5.41, 5.74) is 7.59. The van der Waals surface area contributed by atoms with Crippen LogP contribution in [0.2, 0.25) is 0 Å². The van der Waals surface area contributed by atoms with Crippen LogP contribution in [0.5, 0.6) is 0 Å². The average Bonchev–Trinajstić information content (AvgIpc) is 3.24. The molecule has 0 spiro atoms. The summed E-state index contributed by atoms with van der Waals surface area (Å²) in [6, 6.07) is 9.55. The van der Waals surface area contributed by atoms with Crippen LogP contribution in [-0.2, 0) is 4.74 Å². The molecule has 122 valence electrons. The molecule has 1 aromatic heterocycles. The highest BCUT2D eigenvalue weighted by Crippen LogP contribution is 2.26. The zero-order chi connectivity index (χ0) is 16.4. The molecule has 0 bridgehead atoms. The summed E-state index contributed by atoms with van der Waals surface area (Å²) in [6.45, 7) is 1.48. The van der Waals surface area contributed by atoms with Gasteiger partial charge >= 0.3 is 0 Å². The summed E-state index contributed by atoms with van der Waals surface area (Å²) in [5, 5.41) is 7.07. The Balaban J connectivity index is 1.82. The average molecular weight is 379 g/mol. The molecule has 1 aliphatic heterocycles. The van der Waals surface area contributed by atoms with Crippen molar-refractivity contribution in [2.24, 2.45) is 5.73 Å². The molecular formula is C16H19BrN4O2. The van der Waals surface area contributed by atoms with E-state index in [1.54, 1.807) is 18.0 Å². The molecule has 1 aromatic carbocycles. The number of nitrogens with zero attached hydrogens (tertiary/aromatic N) is 2. The van der Waals surface area contributed by atoms with Crippen molar-refractivity contribution in [2.75, 3.05) is 26.8 Å². The Kier molecular flexibility index (Phi) is 4.52. The van der Waals surface area contributed by atoms with Gasteiger partial charge in [-0.15, -0.1) is 0 Å². The van der Waals surface area contributed by atoms with Crippen molar-refractivity contribution in [3.05, 3.63) is 40.5 Å². The Morgan fingerprint density at radius 3 is 2.83 bits per heavy atom. The Hall–Kier alpha value is -1.70. The molecule has 0 radical (unpaired) electrons. The fourth-order valence-electron chi connectivity index (χ4n) is 2.75. The largest absolute Gasteiger partial charge is 0.379 e. The molecule has 1 saturated heterocycles. The molecule has 2 heterocycles. The number of hydrogen-bond acceptors (Lipinski definition) is 4. The molecule has 3 rings (SSSR count). The number of benzene rings is 1. The van der Waals surface area contributed by atoms with Crippen molar-refractivity contribution < 1.29 is 9.53 Å². The number of amides is 1. The summed E-state index contributed by atoms with van der Waals surface area (Å²) in [7, 11) is 1.77. The van der Waals surface area contributed by atoms with Gasteiger partial charge in [-0.1, -0.05) is 28.1 Å². The maximum atomic E-state index is 12.7. The van der Waals surface area contributed by atoms with Gasteiger partial charge in [-0.05, 0) is 24.6 Å². The second-order valence-electron chi connectivity index (χ2n) is 5.77. The zero-order valence-electron chi connectivity index (χ0n) is 12.9. The van der Waals surface area contributed by atoms with E-state index >= 15 is 0 Å². The third-order valence-corrected chi connectivity index (χ3v) is 4.96. The van der Waals surface area contributed by atoms with Crippen molar-refractivity contribution >= 4 is 21.8 Å². The molecule has 6 nitrogen and oxygen atoms in total. The number of likely N-dealkylation sites (N-methyl/N-ethyl adjacent to an activating group) is 1. The fourth-order valence-corrected chi connectivity index (χ4v) is 3.02. The van der Waals surface area contributed by atoms with Crippen molar-refractivity contribution in [1.82, 2.24) is 15.1 Å². The van der Waals surface area contributed by atoms with Gasteiger partial charge in [0.1, 0.15) is 5.69 Å². The minimum absolute atomic E-state index is 0.128. The molecule has 1 fully saturated rings. The molecule has 7 heteroatoms. The van der Waals surface area contributed by atoms with E-state index in [4.69, 9.17) is 10.5 Å². The van der Waals surface area contributed by atoms with Crippen LogP contribution in [0.3, 0.4) is 0 Å². The zero-order valence-corrected chi connectivity index (χ0v) is 14.5.